The van der Waals surface area contributed by atoms with Crippen LogP contribution in [0.25, 0.3) is 0 Å². The van der Waals surface area contributed by atoms with E-state index < -0.39 is 11.9 Å². The molecule has 0 saturated heterocycles. The van der Waals surface area contributed by atoms with E-state index in [9.17, 15) is 14.4 Å². The maximum Gasteiger partial charge on any atom is 0.325 e. The normalized spacial score (nSPS) is 9.75. The van der Waals surface area contributed by atoms with Crippen LogP contribution in [0, 0.1) is 0 Å². The Morgan fingerprint density at radius 1 is 1.40 bits per heavy atom. The molecule has 1 aromatic heterocycles. The molecular weight excluding hydrogens is 262 g/mol. The van der Waals surface area contributed by atoms with Gasteiger partial charge in [0, 0.05) is 20.2 Å². The van der Waals surface area contributed by atoms with Gasteiger partial charge in [0.15, 0.2) is 0 Å². The third-order valence-corrected chi connectivity index (χ3v) is 2.38. The van der Waals surface area contributed by atoms with E-state index >= 15 is 0 Å². The van der Waals surface area contributed by atoms with Gasteiger partial charge in [-0.25, -0.2) is 0 Å². The molecule has 2 amide bonds. The molecule has 108 valence electrons. The van der Waals surface area contributed by atoms with E-state index in [1.807, 2.05) is 0 Å². The van der Waals surface area contributed by atoms with E-state index in [1.54, 1.807) is 6.92 Å². The minimum Gasteiger partial charge on any atom is -0.465 e. The van der Waals surface area contributed by atoms with Crippen LogP contribution in [0.15, 0.2) is 18.5 Å². The second kappa shape index (κ2) is 7.22. The fraction of sp³-hybridized carbons (Fsp3) is 0.385. The molecule has 1 aromatic rings. The van der Waals surface area contributed by atoms with Gasteiger partial charge in [-0.3, -0.25) is 19.4 Å². The minimum absolute atomic E-state index is 0.158. The average molecular weight is 279 g/mol. The summed E-state index contributed by atoms with van der Waals surface area (Å²) in [5.74, 6) is -1.19. The fourth-order valence-electron chi connectivity index (χ4n) is 1.55. The Morgan fingerprint density at radius 2 is 2.10 bits per heavy atom. The lowest BCUT2D eigenvalue weighted by atomic mass is 10.2. The summed E-state index contributed by atoms with van der Waals surface area (Å²) in [6, 6.07) is 1.48. The molecule has 0 bridgehead atoms. The van der Waals surface area contributed by atoms with E-state index in [0.29, 0.717) is 5.69 Å². The van der Waals surface area contributed by atoms with Crippen molar-refractivity contribution < 1.29 is 19.1 Å². The number of ether oxygens (including phenoxy) is 1. The number of aromatic nitrogens is 1. The molecule has 20 heavy (non-hydrogen) atoms. The topological polar surface area (TPSA) is 88.6 Å². The van der Waals surface area contributed by atoms with Crippen LogP contribution in [0.5, 0.6) is 0 Å². The van der Waals surface area contributed by atoms with Gasteiger partial charge >= 0.3 is 5.97 Å². The molecule has 7 heteroatoms. The van der Waals surface area contributed by atoms with Gasteiger partial charge < -0.3 is 15.0 Å². The summed E-state index contributed by atoms with van der Waals surface area (Å²) in [4.78, 5) is 39.7. The Balaban J connectivity index is 2.86. The van der Waals surface area contributed by atoms with Crippen LogP contribution in [-0.2, 0) is 14.3 Å². The molecule has 7 nitrogen and oxygen atoms in total. The van der Waals surface area contributed by atoms with Crippen molar-refractivity contribution in [3.05, 3.63) is 24.0 Å². The highest BCUT2D eigenvalue weighted by atomic mass is 16.5. The molecule has 0 atom stereocenters. The number of carbonyl (C=O) groups excluding carboxylic acids is 3. The van der Waals surface area contributed by atoms with Crippen molar-refractivity contribution >= 4 is 23.5 Å². The van der Waals surface area contributed by atoms with Crippen LogP contribution in [0.4, 0.5) is 5.69 Å². The molecule has 0 saturated carbocycles. The predicted octanol–water partition coefficient (Wildman–Crippen LogP) is 0.675. The number of hydrogen-bond acceptors (Lipinski definition) is 5. The quantitative estimate of drug-likeness (QED) is 0.800. The number of esters is 1. The van der Waals surface area contributed by atoms with Crippen molar-refractivity contribution in [2.75, 3.05) is 25.5 Å². The SMILES string of the molecule is CCOC(=O)CN(C)C(=O)c1ccncc1NC(C)=O. The monoisotopic (exact) mass is 279 g/mol. The van der Waals surface area contributed by atoms with Crippen molar-refractivity contribution in [3.8, 4) is 0 Å². The highest BCUT2D eigenvalue weighted by molar-refractivity contribution is 6.03. The van der Waals surface area contributed by atoms with Gasteiger partial charge in [-0.2, -0.15) is 0 Å². The lowest BCUT2D eigenvalue weighted by Crippen LogP contribution is -2.33. The summed E-state index contributed by atoms with van der Waals surface area (Å²) in [5, 5.41) is 2.52. The first-order chi connectivity index (χ1) is 9.45. The zero-order valence-electron chi connectivity index (χ0n) is 11.7. The Hall–Kier alpha value is -2.44. The number of nitrogens with zero attached hydrogens (tertiary/aromatic N) is 2. The van der Waals surface area contributed by atoms with Gasteiger partial charge in [0.2, 0.25) is 5.91 Å². The van der Waals surface area contributed by atoms with E-state index in [-0.39, 0.29) is 24.6 Å². The molecule has 0 aliphatic heterocycles. The number of likely N-dealkylation sites (N-methyl/N-ethyl adjacent to an activating group) is 1. The summed E-state index contributed by atoms with van der Waals surface area (Å²) in [6.45, 7) is 3.13. The summed E-state index contributed by atoms with van der Waals surface area (Å²) in [7, 11) is 1.48. The standard InChI is InChI=1S/C13H17N3O4/c1-4-20-12(18)8-16(3)13(19)10-5-6-14-7-11(10)15-9(2)17/h5-7H,4,8H2,1-3H3,(H,15,17). The molecule has 0 aliphatic carbocycles. The molecule has 1 rings (SSSR count). The predicted molar refractivity (Wildman–Crippen MR) is 72.1 cm³/mol. The third kappa shape index (κ3) is 4.34. The second-order valence-corrected chi connectivity index (χ2v) is 4.07. The Labute approximate surface area is 116 Å². The van der Waals surface area contributed by atoms with Gasteiger partial charge in [-0.15, -0.1) is 0 Å². The van der Waals surface area contributed by atoms with Gasteiger partial charge in [0.05, 0.1) is 24.1 Å². The smallest absolute Gasteiger partial charge is 0.325 e. The first-order valence-corrected chi connectivity index (χ1v) is 6.08. The lowest BCUT2D eigenvalue weighted by molar-refractivity contribution is -0.143. The largest absolute Gasteiger partial charge is 0.465 e. The molecule has 0 spiro atoms. The Kier molecular flexibility index (Phi) is 5.64. The highest BCUT2D eigenvalue weighted by Gasteiger charge is 2.19. The molecule has 0 unspecified atom stereocenters. The van der Waals surface area contributed by atoms with Gasteiger partial charge in [-0.1, -0.05) is 0 Å². The van der Waals surface area contributed by atoms with Crippen LogP contribution in [-0.4, -0.2) is 47.9 Å². The second-order valence-electron chi connectivity index (χ2n) is 4.07. The van der Waals surface area contributed by atoms with E-state index in [2.05, 4.69) is 10.3 Å². The number of hydrogen-bond donors (Lipinski definition) is 1. The zero-order chi connectivity index (χ0) is 15.1. The summed E-state index contributed by atoms with van der Waals surface area (Å²) >= 11 is 0. The zero-order valence-corrected chi connectivity index (χ0v) is 11.7. The molecular formula is C13H17N3O4. The van der Waals surface area contributed by atoms with E-state index in [4.69, 9.17) is 4.74 Å². The first-order valence-electron chi connectivity index (χ1n) is 6.08. The summed E-state index contributed by atoms with van der Waals surface area (Å²) in [5.41, 5.74) is 0.572. The van der Waals surface area contributed by atoms with Crippen molar-refractivity contribution in [2.45, 2.75) is 13.8 Å². The van der Waals surface area contributed by atoms with Gasteiger partial charge in [0.25, 0.3) is 5.91 Å². The van der Waals surface area contributed by atoms with E-state index in [1.165, 1.54) is 37.3 Å². The molecule has 0 fully saturated rings. The lowest BCUT2D eigenvalue weighted by Gasteiger charge is -2.17. The number of amides is 2. The Bertz CT molecular complexity index is 516. The molecule has 0 radical (unpaired) electrons. The van der Waals surface area contributed by atoms with Crippen LogP contribution in [0.3, 0.4) is 0 Å². The maximum absolute atomic E-state index is 12.2. The van der Waals surface area contributed by atoms with Crippen LogP contribution < -0.4 is 5.32 Å². The Morgan fingerprint density at radius 3 is 2.70 bits per heavy atom. The van der Waals surface area contributed by atoms with Crippen LogP contribution >= 0.6 is 0 Å². The molecule has 0 aromatic carbocycles. The third-order valence-electron chi connectivity index (χ3n) is 2.38. The van der Waals surface area contributed by atoms with Gasteiger partial charge in [0.1, 0.15) is 6.54 Å². The number of rotatable bonds is 5. The molecule has 0 aliphatic rings. The summed E-state index contributed by atoms with van der Waals surface area (Å²) < 4.78 is 4.78. The molecule has 1 N–H and O–H groups in total. The van der Waals surface area contributed by atoms with Crippen molar-refractivity contribution in [3.63, 3.8) is 0 Å². The van der Waals surface area contributed by atoms with E-state index in [0.717, 1.165) is 0 Å². The fourth-order valence-corrected chi connectivity index (χ4v) is 1.55. The average Bonchev–Trinajstić information content (AvgIpc) is 2.38. The highest BCUT2D eigenvalue weighted by Crippen LogP contribution is 2.15. The number of carbonyl (C=O) groups is 3. The first kappa shape index (κ1) is 15.6. The van der Waals surface area contributed by atoms with Crippen LogP contribution in [0.2, 0.25) is 0 Å². The van der Waals surface area contributed by atoms with Gasteiger partial charge in [-0.05, 0) is 13.0 Å². The number of anilines is 1. The minimum atomic E-state index is -0.488. The summed E-state index contributed by atoms with van der Waals surface area (Å²) in [6.07, 6.45) is 2.82. The van der Waals surface area contributed by atoms with Crippen molar-refractivity contribution in [2.24, 2.45) is 0 Å². The molecule has 1 heterocycles. The van der Waals surface area contributed by atoms with Crippen molar-refractivity contribution in [1.29, 1.82) is 0 Å². The van der Waals surface area contributed by atoms with Crippen LogP contribution in [0.1, 0.15) is 24.2 Å². The number of pyridine rings is 1. The van der Waals surface area contributed by atoms with Crippen molar-refractivity contribution in [1.82, 2.24) is 9.88 Å². The number of nitrogens with one attached hydrogen (secondary N) is 1. The maximum atomic E-state index is 12.2.